The second-order valence-electron chi connectivity index (χ2n) is 14.6. The van der Waals surface area contributed by atoms with Crippen molar-refractivity contribution < 1.29 is 8.83 Å². The Labute approximate surface area is 336 Å². The molecule has 0 saturated heterocycles. The summed E-state index contributed by atoms with van der Waals surface area (Å²) in [7, 11) is 0. The normalized spacial score (nSPS) is 11.4. The molecule has 0 amide bonds. The molecule has 0 bridgehead atoms. The molecule has 4 heteroatoms. The van der Waals surface area contributed by atoms with Crippen LogP contribution >= 0.6 is 0 Å². The number of furan rings is 2. The summed E-state index contributed by atoms with van der Waals surface area (Å²) in [6.45, 7) is 0. The molecule has 11 rings (SSSR count). The van der Waals surface area contributed by atoms with Gasteiger partial charge in [0.2, 0.25) is 0 Å². The number of hydrogen-bond acceptors (Lipinski definition) is 4. The third-order valence-electron chi connectivity index (χ3n) is 11.0. The Morgan fingerprint density at radius 1 is 0.224 bits per heavy atom. The summed E-state index contributed by atoms with van der Waals surface area (Å²) in [5, 5.41) is 4.44. The van der Waals surface area contributed by atoms with Gasteiger partial charge in [-0.05, 0) is 119 Å². The molecule has 58 heavy (non-hydrogen) atoms. The molecule has 0 fully saturated rings. The Morgan fingerprint density at radius 3 is 1.12 bits per heavy atom. The highest BCUT2D eigenvalue weighted by molar-refractivity contribution is 6.07. The van der Waals surface area contributed by atoms with Gasteiger partial charge in [-0.15, -0.1) is 0 Å². The van der Waals surface area contributed by atoms with Gasteiger partial charge in [0.1, 0.15) is 22.3 Å². The van der Waals surface area contributed by atoms with Crippen LogP contribution in [0.3, 0.4) is 0 Å². The molecule has 11 aromatic rings. The summed E-state index contributed by atoms with van der Waals surface area (Å²) in [6.07, 6.45) is 0. The van der Waals surface area contributed by atoms with Gasteiger partial charge in [-0.1, -0.05) is 121 Å². The number of hydrogen-bond donors (Lipinski definition) is 0. The summed E-state index contributed by atoms with van der Waals surface area (Å²) in [5.74, 6) is 0. The SMILES string of the molecule is c1ccc(N(c2ccc(-c3ccc(-c4cccc(N(c5ccccc5)c5ccc6oc7ccccc7c6c5)c4)cc3)cc2)c2ccc3oc4ccccc4c3c2)cc1. The van der Waals surface area contributed by atoms with Gasteiger partial charge in [0.05, 0.1) is 0 Å². The van der Waals surface area contributed by atoms with E-state index in [1.54, 1.807) is 0 Å². The number of rotatable bonds is 8. The van der Waals surface area contributed by atoms with Crippen LogP contribution in [-0.4, -0.2) is 0 Å². The molecule has 0 saturated carbocycles. The van der Waals surface area contributed by atoms with E-state index < -0.39 is 0 Å². The highest BCUT2D eigenvalue weighted by Crippen LogP contribution is 2.41. The lowest BCUT2D eigenvalue weighted by Crippen LogP contribution is -2.09. The molecular formula is C54H36N2O2. The van der Waals surface area contributed by atoms with Gasteiger partial charge in [0.15, 0.2) is 0 Å². The molecule has 0 N–H and O–H groups in total. The molecule has 0 radical (unpaired) electrons. The van der Waals surface area contributed by atoms with Crippen LogP contribution in [0.1, 0.15) is 0 Å². The Hall–Kier alpha value is -7.82. The van der Waals surface area contributed by atoms with Crippen molar-refractivity contribution in [3.05, 3.63) is 218 Å². The molecule has 0 aliphatic carbocycles. The predicted molar refractivity (Wildman–Crippen MR) is 241 cm³/mol. The summed E-state index contributed by atoms with van der Waals surface area (Å²) in [5.41, 5.74) is 14.7. The smallest absolute Gasteiger partial charge is 0.135 e. The number of anilines is 6. The Balaban J connectivity index is 0.906. The summed E-state index contributed by atoms with van der Waals surface area (Å²) >= 11 is 0. The Morgan fingerprint density at radius 2 is 0.586 bits per heavy atom. The van der Waals surface area contributed by atoms with E-state index >= 15 is 0 Å². The van der Waals surface area contributed by atoms with Gasteiger partial charge in [-0.3, -0.25) is 0 Å². The lowest BCUT2D eigenvalue weighted by Gasteiger charge is -2.26. The first-order chi connectivity index (χ1) is 28.7. The highest BCUT2D eigenvalue weighted by atomic mass is 16.3. The van der Waals surface area contributed by atoms with Gasteiger partial charge in [0.25, 0.3) is 0 Å². The minimum atomic E-state index is 0.885. The quantitative estimate of drug-likeness (QED) is 0.155. The minimum Gasteiger partial charge on any atom is -0.456 e. The topological polar surface area (TPSA) is 32.8 Å². The number of para-hydroxylation sites is 4. The average Bonchev–Trinajstić information content (AvgIpc) is 3.86. The lowest BCUT2D eigenvalue weighted by atomic mass is 9.99. The average molecular weight is 745 g/mol. The van der Waals surface area contributed by atoms with Crippen molar-refractivity contribution in [1.29, 1.82) is 0 Å². The minimum absolute atomic E-state index is 0.885. The molecule has 9 aromatic carbocycles. The number of benzene rings is 9. The van der Waals surface area contributed by atoms with E-state index in [4.69, 9.17) is 8.83 Å². The third kappa shape index (κ3) is 5.96. The molecule has 0 atom stereocenters. The van der Waals surface area contributed by atoms with Crippen molar-refractivity contribution in [1.82, 2.24) is 0 Å². The molecule has 2 heterocycles. The maximum atomic E-state index is 6.17. The van der Waals surface area contributed by atoms with Crippen LogP contribution < -0.4 is 9.80 Å². The van der Waals surface area contributed by atoms with Gasteiger partial charge in [-0.25, -0.2) is 0 Å². The summed E-state index contributed by atoms with van der Waals surface area (Å²) < 4.78 is 12.3. The fraction of sp³-hybridized carbons (Fsp3) is 0. The van der Waals surface area contributed by atoms with Crippen molar-refractivity contribution in [2.24, 2.45) is 0 Å². The summed E-state index contributed by atoms with van der Waals surface area (Å²) in [4.78, 5) is 4.62. The van der Waals surface area contributed by atoms with Gasteiger partial charge in [-0.2, -0.15) is 0 Å². The van der Waals surface area contributed by atoms with Crippen LogP contribution in [0.25, 0.3) is 66.1 Å². The van der Waals surface area contributed by atoms with Crippen molar-refractivity contribution in [3.8, 4) is 22.3 Å². The monoisotopic (exact) mass is 744 g/mol. The Kier molecular flexibility index (Phi) is 8.11. The molecule has 0 spiro atoms. The van der Waals surface area contributed by atoms with Gasteiger partial charge in [0, 0.05) is 55.7 Å². The van der Waals surface area contributed by atoms with Crippen molar-refractivity contribution >= 4 is 78.0 Å². The lowest BCUT2D eigenvalue weighted by molar-refractivity contribution is 0.668. The summed E-state index contributed by atoms with van der Waals surface area (Å²) in [6, 6.07) is 76.9. The highest BCUT2D eigenvalue weighted by Gasteiger charge is 2.18. The second kappa shape index (κ2) is 14.0. The van der Waals surface area contributed by atoms with Crippen LogP contribution in [0.5, 0.6) is 0 Å². The molecule has 0 aliphatic rings. The molecule has 4 nitrogen and oxygen atoms in total. The van der Waals surface area contributed by atoms with Crippen LogP contribution in [0.4, 0.5) is 34.1 Å². The van der Waals surface area contributed by atoms with Gasteiger partial charge < -0.3 is 18.6 Å². The number of fused-ring (bicyclic) bond motifs is 6. The molecule has 2 aromatic heterocycles. The standard InChI is InChI=1S/C54H36N2O2/c1-3-13-41(14-4-1)55(45-30-32-53-49(35-45)47-18-7-9-20-51(47)57-53)43-28-26-38(27-29-43)37-22-24-39(25-23-37)40-12-11-17-44(34-40)56(42-15-5-2-6-16-42)46-31-33-54-50(36-46)48-19-8-10-21-52(48)58-54/h1-36H. The van der Waals surface area contributed by atoms with Gasteiger partial charge >= 0.3 is 0 Å². The van der Waals surface area contributed by atoms with Crippen LogP contribution in [0.15, 0.2) is 227 Å². The van der Waals surface area contributed by atoms with E-state index in [-0.39, 0.29) is 0 Å². The van der Waals surface area contributed by atoms with Crippen molar-refractivity contribution in [2.75, 3.05) is 9.80 Å². The molecule has 0 unspecified atom stereocenters. The molecule has 274 valence electrons. The first-order valence-corrected chi connectivity index (χ1v) is 19.6. The second-order valence-corrected chi connectivity index (χ2v) is 14.6. The van der Waals surface area contributed by atoms with Crippen molar-refractivity contribution in [3.63, 3.8) is 0 Å². The predicted octanol–water partition coefficient (Wildman–Crippen LogP) is 15.8. The number of nitrogens with zero attached hydrogens (tertiary/aromatic N) is 2. The fourth-order valence-corrected chi connectivity index (χ4v) is 8.24. The van der Waals surface area contributed by atoms with Crippen LogP contribution in [-0.2, 0) is 0 Å². The van der Waals surface area contributed by atoms with Crippen LogP contribution in [0, 0.1) is 0 Å². The van der Waals surface area contributed by atoms with E-state index in [2.05, 4.69) is 204 Å². The first-order valence-electron chi connectivity index (χ1n) is 19.6. The van der Waals surface area contributed by atoms with E-state index in [1.807, 2.05) is 24.3 Å². The maximum Gasteiger partial charge on any atom is 0.135 e. The Bertz CT molecular complexity index is 3220. The van der Waals surface area contributed by atoms with E-state index in [1.165, 1.54) is 0 Å². The molecule has 0 aliphatic heterocycles. The van der Waals surface area contributed by atoms with E-state index in [9.17, 15) is 0 Å². The first kappa shape index (κ1) is 33.5. The maximum absolute atomic E-state index is 6.17. The zero-order chi connectivity index (χ0) is 38.4. The van der Waals surface area contributed by atoms with E-state index in [0.29, 0.717) is 0 Å². The van der Waals surface area contributed by atoms with E-state index in [0.717, 1.165) is 100 Å². The van der Waals surface area contributed by atoms with Crippen molar-refractivity contribution in [2.45, 2.75) is 0 Å². The third-order valence-corrected chi connectivity index (χ3v) is 11.0. The zero-order valence-corrected chi connectivity index (χ0v) is 31.5. The fourth-order valence-electron chi connectivity index (χ4n) is 8.24. The zero-order valence-electron chi connectivity index (χ0n) is 31.5. The largest absolute Gasteiger partial charge is 0.456 e. The van der Waals surface area contributed by atoms with Crippen LogP contribution in [0.2, 0.25) is 0 Å². The molecular weight excluding hydrogens is 709 g/mol.